The number of methoxy groups -OCH3 is 1. The molecule has 0 fully saturated rings. The van der Waals surface area contributed by atoms with Crippen LogP contribution in [0.15, 0.2) is 0 Å². The van der Waals surface area contributed by atoms with E-state index in [2.05, 4.69) is 4.98 Å². The molecule has 0 unspecified atom stereocenters. The van der Waals surface area contributed by atoms with Gasteiger partial charge in [0.15, 0.2) is 5.78 Å². The molecule has 0 spiro atoms. The number of Topliss-reactive ketones (excluding diaryl/α,β-unsaturated/α-hetero) is 1. The van der Waals surface area contributed by atoms with Crippen LogP contribution in [0.2, 0.25) is 0 Å². The van der Waals surface area contributed by atoms with Gasteiger partial charge in [-0.1, -0.05) is 13.8 Å². The summed E-state index contributed by atoms with van der Waals surface area (Å²) < 4.78 is 4.72. The lowest BCUT2D eigenvalue weighted by molar-refractivity contribution is -0.130. The number of carbonyl (C=O) groups is 3. The summed E-state index contributed by atoms with van der Waals surface area (Å²) in [4.78, 5) is 41.0. The predicted octanol–water partition coefficient (Wildman–Crippen LogP) is 2.49. The lowest BCUT2D eigenvalue weighted by Gasteiger charge is -2.29. The molecule has 1 amide bonds. The monoisotopic (exact) mass is 322 g/mol. The van der Waals surface area contributed by atoms with Crippen LogP contribution in [0.1, 0.15) is 59.8 Å². The number of hydrogen-bond acceptors (Lipinski definition) is 4. The minimum absolute atomic E-state index is 0.140. The molecule has 23 heavy (non-hydrogen) atoms. The first-order valence-corrected chi connectivity index (χ1v) is 7.70. The summed E-state index contributed by atoms with van der Waals surface area (Å²) in [5, 5.41) is 0. The third-order valence-electron chi connectivity index (χ3n) is 3.89. The van der Waals surface area contributed by atoms with Gasteiger partial charge in [-0.25, -0.2) is 4.79 Å². The predicted molar refractivity (Wildman–Crippen MR) is 87.6 cm³/mol. The molecule has 1 rings (SSSR count). The average Bonchev–Trinajstić information content (AvgIpc) is 2.77. The molecule has 1 heterocycles. The number of carbonyl (C=O) groups excluding carboxylic acids is 3. The highest BCUT2D eigenvalue weighted by Gasteiger charge is 2.30. The number of ether oxygens (including phenoxy) is 1. The molecule has 0 saturated carbocycles. The Labute approximate surface area is 137 Å². The van der Waals surface area contributed by atoms with Gasteiger partial charge in [0.05, 0.1) is 13.2 Å². The van der Waals surface area contributed by atoms with Crippen LogP contribution in [-0.4, -0.2) is 47.2 Å². The van der Waals surface area contributed by atoms with E-state index in [1.54, 1.807) is 25.7 Å². The van der Waals surface area contributed by atoms with E-state index in [1.807, 2.05) is 13.8 Å². The van der Waals surface area contributed by atoms with Gasteiger partial charge in [0.2, 0.25) is 5.91 Å². The third-order valence-corrected chi connectivity index (χ3v) is 3.89. The van der Waals surface area contributed by atoms with Crippen LogP contribution in [0.5, 0.6) is 0 Å². The second kappa shape index (κ2) is 7.44. The molecule has 0 bridgehead atoms. The third kappa shape index (κ3) is 4.00. The second-order valence-electron chi connectivity index (χ2n) is 6.22. The van der Waals surface area contributed by atoms with Crippen molar-refractivity contribution >= 4 is 17.7 Å². The van der Waals surface area contributed by atoms with E-state index in [-0.39, 0.29) is 23.3 Å². The number of nitrogens with zero attached hydrogens (tertiary/aromatic N) is 1. The Balaban J connectivity index is 3.20. The van der Waals surface area contributed by atoms with Crippen LogP contribution < -0.4 is 0 Å². The lowest BCUT2D eigenvalue weighted by atomic mass is 9.99. The van der Waals surface area contributed by atoms with Crippen molar-refractivity contribution in [2.45, 2.75) is 47.6 Å². The Hall–Kier alpha value is -2.11. The SMILES string of the molecule is COC(=O)c1[nH]c(C)c(C(=O)[C@H](C)N(CC(C)C)C(C)=O)c1C. The smallest absolute Gasteiger partial charge is 0.354 e. The number of H-pyrrole nitrogens is 1. The molecule has 0 aliphatic heterocycles. The Bertz CT molecular complexity index is 616. The van der Waals surface area contributed by atoms with Crippen molar-refractivity contribution in [2.24, 2.45) is 5.92 Å². The van der Waals surface area contributed by atoms with Crippen LogP contribution in [0.25, 0.3) is 0 Å². The quantitative estimate of drug-likeness (QED) is 0.644. The molecule has 0 radical (unpaired) electrons. The van der Waals surface area contributed by atoms with Gasteiger partial charge >= 0.3 is 5.97 Å². The molecular formula is C17H26N2O4. The number of esters is 1. The maximum absolute atomic E-state index is 12.9. The zero-order valence-electron chi connectivity index (χ0n) is 14.9. The number of ketones is 1. The van der Waals surface area contributed by atoms with Crippen molar-refractivity contribution < 1.29 is 19.1 Å². The highest BCUT2D eigenvalue weighted by Crippen LogP contribution is 2.22. The number of rotatable bonds is 6. The molecule has 128 valence electrons. The summed E-state index contributed by atoms with van der Waals surface area (Å²) in [6.07, 6.45) is 0. The van der Waals surface area contributed by atoms with Crippen molar-refractivity contribution in [1.29, 1.82) is 0 Å². The van der Waals surface area contributed by atoms with Gasteiger partial charge in [0.1, 0.15) is 5.69 Å². The Morgan fingerprint density at radius 3 is 2.17 bits per heavy atom. The van der Waals surface area contributed by atoms with Gasteiger partial charge in [0, 0.05) is 24.7 Å². The van der Waals surface area contributed by atoms with Crippen molar-refractivity contribution in [3.63, 3.8) is 0 Å². The minimum Gasteiger partial charge on any atom is -0.464 e. The molecule has 6 heteroatoms. The van der Waals surface area contributed by atoms with Crippen LogP contribution >= 0.6 is 0 Å². The summed E-state index contributed by atoms with van der Waals surface area (Å²) in [6, 6.07) is -0.589. The number of amides is 1. The Morgan fingerprint density at radius 1 is 1.17 bits per heavy atom. The molecule has 6 nitrogen and oxygen atoms in total. The van der Waals surface area contributed by atoms with Gasteiger partial charge in [-0.05, 0) is 32.3 Å². The van der Waals surface area contributed by atoms with E-state index in [1.165, 1.54) is 14.0 Å². The Morgan fingerprint density at radius 2 is 1.74 bits per heavy atom. The highest BCUT2D eigenvalue weighted by molar-refractivity contribution is 6.06. The van der Waals surface area contributed by atoms with E-state index in [0.29, 0.717) is 23.4 Å². The summed E-state index contributed by atoms with van der Waals surface area (Å²) in [6.45, 7) is 11.1. The fourth-order valence-electron chi connectivity index (χ4n) is 2.73. The van der Waals surface area contributed by atoms with E-state index >= 15 is 0 Å². The number of hydrogen-bond donors (Lipinski definition) is 1. The standard InChI is InChI=1S/C17H26N2O4/c1-9(2)8-19(13(6)20)12(5)16(21)14-10(3)15(17(22)23-7)18-11(14)4/h9,12,18H,8H2,1-7H3/t12-/m0/s1. The zero-order valence-corrected chi connectivity index (χ0v) is 14.9. The van der Waals surface area contributed by atoms with Crippen LogP contribution in [0.3, 0.4) is 0 Å². The Kier molecular flexibility index (Phi) is 6.12. The number of aromatic amines is 1. The fourth-order valence-corrected chi connectivity index (χ4v) is 2.73. The van der Waals surface area contributed by atoms with E-state index in [0.717, 1.165) is 0 Å². The first-order chi connectivity index (χ1) is 10.6. The number of nitrogens with one attached hydrogen (secondary N) is 1. The van der Waals surface area contributed by atoms with Gasteiger partial charge in [-0.2, -0.15) is 0 Å². The van der Waals surface area contributed by atoms with E-state index in [4.69, 9.17) is 4.74 Å². The summed E-state index contributed by atoms with van der Waals surface area (Å²) in [5.74, 6) is -0.572. The topological polar surface area (TPSA) is 79.5 Å². The molecule has 1 N–H and O–H groups in total. The first kappa shape index (κ1) is 18.9. The molecule has 0 aliphatic rings. The maximum Gasteiger partial charge on any atom is 0.354 e. The summed E-state index contributed by atoms with van der Waals surface area (Å²) in [5.41, 5.74) is 1.89. The van der Waals surface area contributed by atoms with E-state index < -0.39 is 12.0 Å². The number of aromatic nitrogens is 1. The largest absolute Gasteiger partial charge is 0.464 e. The molecule has 1 aromatic heterocycles. The van der Waals surface area contributed by atoms with Crippen LogP contribution in [0.4, 0.5) is 0 Å². The van der Waals surface area contributed by atoms with Crippen LogP contribution in [0, 0.1) is 19.8 Å². The minimum atomic E-state index is -0.589. The molecule has 1 atom stereocenters. The van der Waals surface area contributed by atoms with Crippen molar-refractivity contribution in [3.05, 3.63) is 22.5 Å². The second-order valence-corrected chi connectivity index (χ2v) is 6.22. The fraction of sp³-hybridized carbons (Fsp3) is 0.588. The summed E-state index contributed by atoms with van der Waals surface area (Å²) >= 11 is 0. The van der Waals surface area contributed by atoms with Gasteiger partial charge in [-0.15, -0.1) is 0 Å². The first-order valence-electron chi connectivity index (χ1n) is 7.70. The highest BCUT2D eigenvalue weighted by atomic mass is 16.5. The summed E-state index contributed by atoms with van der Waals surface area (Å²) in [7, 11) is 1.29. The molecule has 1 aromatic rings. The number of aryl methyl sites for hydroxylation is 1. The molecule has 0 aromatic carbocycles. The molecular weight excluding hydrogens is 296 g/mol. The normalized spacial score (nSPS) is 12.2. The maximum atomic E-state index is 12.9. The lowest BCUT2D eigenvalue weighted by Crippen LogP contribution is -2.44. The van der Waals surface area contributed by atoms with Gasteiger partial charge < -0.3 is 14.6 Å². The molecule has 0 aliphatic carbocycles. The van der Waals surface area contributed by atoms with Gasteiger partial charge in [-0.3, -0.25) is 9.59 Å². The molecule has 0 saturated heterocycles. The van der Waals surface area contributed by atoms with Crippen molar-refractivity contribution in [3.8, 4) is 0 Å². The van der Waals surface area contributed by atoms with Gasteiger partial charge in [0.25, 0.3) is 0 Å². The zero-order chi connectivity index (χ0) is 17.9. The van der Waals surface area contributed by atoms with Crippen LogP contribution in [-0.2, 0) is 9.53 Å². The van der Waals surface area contributed by atoms with E-state index in [9.17, 15) is 14.4 Å². The van der Waals surface area contributed by atoms with Crippen molar-refractivity contribution in [2.75, 3.05) is 13.7 Å². The average molecular weight is 322 g/mol. The van der Waals surface area contributed by atoms with Crippen molar-refractivity contribution in [1.82, 2.24) is 9.88 Å².